The first-order chi connectivity index (χ1) is 10.2. The first kappa shape index (κ1) is 14.1. The Morgan fingerprint density at radius 2 is 1.95 bits per heavy atom. The maximum Gasteiger partial charge on any atom is 0.292 e. The second kappa shape index (κ2) is 6.26. The molecule has 5 nitrogen and oxygen atoms in total. The molecule has 2 heterocycles. The van der Waals surface area contributed by atoms with Gasteiger partial charge in [-0.05, 0) is 18.2 Å². The fourth-order valence-electron chi connectivity index (χ4n) is 2.48. The van der Waals surface area contributed by atoms with Crippen LogP contribution in [0, 0.1) is 0 Å². The van der Waals surface area contributed by atoms with E-state index in [9.17, 15) is 4.79 Å². The molecule has 0 unspecified atom stereocenters. The van der Waals surface area contributed by atoms with Crippen molar-refractivity contribution in [2.75, 3.05) is 44.3 Å². The molecular formula is C15H17ClN2O3. The summed E-state index contributed by atoms with van der Waals surface area (Å²) in [5.41, 5.74) is 1.09. The molecule has 21 heavy (non-hydrogen) atoms. The maximum atomic E-state index is 12.3. The number of ether oxygens (including phenoxy) is 2. The minimum Gasteiger partial charge on any atom is -0.494 e. The third-order valence-electron chi connectivity index (χ3n) is 3.60. The lowest BCUT2D eigenvalue weighted by Gasteiger charge is -2.36. The summed E-state index contributed by atoms with van der Waals surface area (Å²) < 4.78 is 10.5. The van der Waals surface area contributed by atoms with Gasteiger partial charge in [0.25, 0.3) is 5.91 Å². The van der Waals surface area contributed by atoms with E-state index in [1.165, 1.54) is 6.26 Å². The SMILES string of the molecule is O=C(C1=COCCO1)N1CCN(c2cccc(Cl)c2)CC1. The van der Waals surface area contributed by atoms with E-state index in [0.717, 1.165) is 23.8 Å². The Morgan fingerprint density at radius 3 is 2.62 bits per heavy atom. The van der Waals surface area contributed by atoms with Gasteiger partial charge in [0.05, 0.1) is 0 Å². The molecule has 1 amide bonds. The zero-order valence-corrected chi connectivity index (χ0v) is 12.4. The van der Waals surface area contributed by atoms with Gasteiger partial charge in [0, 0.05) is 36.9 Å². The monoisotopic (exact) mass is 308 g/mol. The van der Waals surface area contributed by atoms with Crippen molar-refractivity contribution in [3.8, 4) is 0 Å². The molecule has 1 aromatic rings. The largest absolute Gasteiger partial charge is 0.494 e. The molecule has 3 rings (SSSR count). The number of carbonyl (C=O) groups is 1. The van der Waals surface area contributed by atoms with Crippen LogP contribution in [0.1, 0.15) is 0 Å². The van der Waals surface area contributed by atoms with E-state index in [1.807, 2.05) is 24.3 Å². The number of amides is 1. The Bertz CT molecular complexity index is 554. The summed E-state index contributed by atoms with van der Waals surface area (Å²) in [7, 11) is 0. The highest BCUT2D eigenvalue weighted by Crippen LogP contribution is 2.21. The van der Waals surface area contributed by atoms with Crippen LogP contribution in [0.25, 0.3) is 0 Å². The zero-order valence-electron chi connectivity index (χ0n) is 11.6. The molecule has 1 saturated heterocycles. The summed E-state index contributed by atoms with van der Waals surface area (Å²) in [5, 5.41) is 0.726. The minimum atomic E-state index is -0.0968. The van der Waals surface area contributed by atoms with Crippen molar-refractivity contribution in [3.05, 3.63) is 41.3 Å². The lowest BCUT2D eigenvalue weighted by atomic mass is 10.2. The van der Waals surface area contributed by atoms with E-state index in [1.54, 1.807) is 4.90 Å². The first-order valence-corrected chi connectivity index (χ1v) is 7.36. The van der Waals surface area contributed by atoms with Crippen LogP contribution in [-0.4, -0.2) is 50.2 Å². The number of hydrogen-bond acceptors (Lipinski definition) is 4. The van der Waals surface area contributed by atoms with Crippen LogP contribution >= 0.6 is 11.6 Å². The second-order valence-electron chi connectivity index (χ2n) is 4.96. The molecule has 1 aromatic carbocycles. The van der Waals surface area contributed by atoms with Gasteiger partial charge in [0.2, 0.25) is 5.76 Å². The minimum absolute atomic E-state index is 0.0968. The van der Waals surface area contributed by atoms with E-state index >= 15 is 0 Å². The fraction of sp³-hybridized carbons (Fsp3) is 0.400. The van der Waals surface area contributed by atoms with Crippen LogP contribution in [0.4, 0.5) is 5.69 Å². The van der Waals surface area contributed by atoms with Gasteiger partial charge in [-0.2, -0.15) is 0 Å². The predicted molar refractivity (Wildman–Crippen MR) is 80.2 cm³/mol. The molecule has 2 aliphatic rings. The lowest BCUT2D eigenvalue weighted by molar-refractivity contribution is -0.132. The first-order valence-electron chi connectivity index (χ1n) is 6.98. The Labute approximate surface area is 128 Å². The highest BCUT2D eigenvalue weighted by molar-refractivity contribution is 6.30. The normalized spacial score (nSPS) is 18.6. The molecule has 0 bridgehead atoms. The molecule has 0 aromatic heterocycles. The van der Waals surface area contributed by atoms with Crippen LogP contribution in [0.15, 0.2) is 36.3 Å². The number of anilines is 1. The van der Waals surface area contributed by atoms with Gasteiger partial charge < -0.3 is 19.3 Å². The summed E-state index contributed by atoms with van der Waals surface area (Å²) in [5.74, 6) is 0.206. The van der Waals surface area contributed by atoms with E-state index in [-0.39, 0.29) is 5.91 Å². The van der Waals surface area contributed by atoms with Crippen LogP contribution in [-0.2, 0) is 14.3 Å². The molecular weight excluding hydrogens is 292 g/mol. The molecule has 0 aliphatic carbocycles. The van der Waals surface area contributed by atoms with Crippen molar-refractivity contribution in [1.29, 1.82) is 0 Å². The Kier molecular flexibility index (Phi) is 4.20. The number of benzene rings is 1. The highest BCUT2D eigenvalue weighted by Gasteiger charge is 2.26. The van der Waals surface area contributed by atoms with Gasteiger partial charge in [-0.1, -0.05) is 17.7 Å². The maximum absolute atomic E-state index is 12.3. The highest BCUT2D eigenvalue weighted by atomic mass is 35.5. The summed E-state index contributed by atoms with van der Waals surface area (Å²) in [6, 6.07) is 7.77. The smallest absolute Gasteiger partial charge is 0.292 e. The number of halogens is 1. The van der Waals surface area contributed by atoms with Crippen molar-refractivity contribution < 1.29 is 14.3 Å². The summed E-state index contributed by atoms with van der Waals surface area (Å²) in [4.78, 5) is 16.3. The van der Waals surface area contributed by atoms with Gasteiger partial charge >= 0.3 is 0 Å². The molecule has 0 N–H and O–H groups in total. The van der Waals surface area contributed by atoms with Crippen molar-refractivity contribution in [1.82, 2.24) is 4.90 Å². The third-order valence-corrected chi connectivity index (χ3v) is 3.84. The standard InChI is InChI=1S/C15H17ClN2O3/c16-12-2-1-3-13(10-12)17-4-6-18(7-5-17)15(19)14-11-20-8-9-21-14/h1-3,10-11H,4-9H2. The summed E-state index contributed by atoms with van der Waals surface area (Å²) in [6.07, 6.45) is 1.41. The molecule has 2 aliphatic heterocycles. The fourth-order valence-corrected chi connectivity index (χ4v) is 2.66. The average Bonchev–Trinajstić information content (AvgIpc) is 2.55. The van der Waals surface area contributed by atoms with Crippen molar-refractivity contribution in [3.63, 3.8) is 0 Å². The molecule has 0 spiro atoms. The molecule has 1 fully saturated rings. The van der Waals surface area contributed by atoms with Gasteiger partial charge in [-0.3, -0.25) is 4.79 Å². The number of rotatable bonds is 2. The Balaban J connectivity index is 1.60. The average molecular weight is 309 g/mol. The molecule has 112 valence electrons. The molecule has 6 heteroatoms. The van der Waals surface area contributed by atoms with Crippen molar-refractivity contribution in [2.24, 2.45) is 0 Å². The van der Waals surface area contributed by atoms with Crippen LogP contribution in [0.3, 0.4) is 0 Å². The van der Waals surface area contributed by atoms with Crippen LogP contribution in [0.5, 0.6) is 0 Å². The number of hydrogen-bond donors (Lipinski definition) is 0. The van der Waals surface area contributed by atoms with E-state index < -0.39 is 0 Å². The van der Waals surface area contributed by atoms with Gasteiger partial charge in [-0.25, -0.2) is 0 Å². The summed E-state index contributed by atoms with van der Waals surface area (Å²) >= 11 is 6.02. The number of carbonyl (C=O) groups excluding carboxylic acids is 1. The summed E-state index contributed by atoms with van der Waals surface area (Å²) in [6.45, 7) is 3.80. The van der Waals surface area contributed by atoms with Gasteiger partial charge in [-0.15, -0.1) is 0 Å². The van der Waals surface area contributed by atoms with Crippen molar-refractivity contribution >= 4 is 23.2 Å². The Hall–Kier alpha value is -1.88. The van der Waals surface area contributed by atoms with E-state index in [4.69, 9.17) is 21.1 Å². The van der Waals surface area contributed by atoms with Gasteiger partial charge in [0.15, 0.2) is 0 Å². The van der Waals surface area contributed by atoms with Crippen molar-refractivity contribution in [2.45, 2.75) is 0 Å². The molecule has 0 radical (unpaired) electrons. The second-order valence-corrected chi connectivity index (χ2v) is 5.40. The van der Waals surface area contributed by atoms with E-state index in [0.29, 0.717) is 32.1 Å². The van der Waals surface area contributed by atoms with Gasteiger partial charge in [0.1, 0.15) is 19.5 Å². The Morgan fingerprint density at radius 1 is 1.14 bits per heavy atom. The van der Waals surface area contributed by atoms with E-state index in [2.05, 4.69) is 4.90 Å². The predicted octanol–water partition coefficient (Wildman–Crippen LogP) is 1.88. The number of nitrogens with zero attached hydrogens (tertiary/aromatic N) is 2. The number of piperazine rings is 1. The third kappa shape index (κ3) is 3.24. The molecule has 0 saturated carbocycles. The van der Waals surface area contributed by atoms with Crippen LogP contribution in [0.2, 0.25) is 5.02 Å². The zero-order chi connectivity index (χ0) is 14.7. The van der Waals surface area contributed by atoms with Crippen LogP contribution < -0.4 is 4.90 Å². The molecule has 0 atom stereocenters. The topological polar surface area (TPSA) is 42.0 Å². The quantitative estimate of drug-likeness (QED) is 0.836. The lowest BCUT2D eigenvalue weighted by Crippen LogP contribution is -2.49.